The summed E-state index contributed by atoms with van der Waals surface area (Å²) in [5.74, 6) is 0. The van der Waals surface area contributed by atoms with Crippen molar-refractivity contribution < 1.29 is 4.74 Å². The normalized spacial score (nSPS) is 21.6. The van der Waals surface area contributed by atoms with Crippen molar-refractivity contribution in [1.82, 2.24) is 5.32 Å². The number of hydrogen-bond acceptors (Lipinski definition) is 3. The van der Waals surface area contributed by atoms with Gasteiger partial charge in [-0.3, -0.25) is 0 Å². The van der Waals surface area contributed by atoms with Crippen LogP contribution in [0, 0.1) is 0 Å². The van der Waals surface area contributed by atoms with Gasteiger partial charge in [-0.2, -0.15) is 0 Å². The molecule has 0 spiro atoms. The van der Waals surface area contributed by atoms with Crippen molar-refractivity contribution in [3.63, 3.8) is 0 Å². The van der Waals surface area contributed by atoms with Crippen LogP contribution in [0.4, 0.5) is 0 Å². The van der Waals surface area contributed by atoms with Crippen LogP contribution < -0.4 is 5.32 Å². The molecular weight excluding hydrogens is 230 g/mol. The zero-order valence-corrected chi connectivity index (χ0v) is 11.4. The highest BCUT2D eigenvalue weighted by molar-refractivity contribution is 7.98. The number of benzene rings is 1. The molecule has 0 aliphatic carbocycles. The van der Waals surface area contributed by atoms with Crippen molar-refractivity contribution in [1.29, 1.82) is 0 Å². The molecule has 2 atom stereocenters. The quantitative estimate of drug-likeness (QED) is 0.812. The summed E-state index contributed by atoms with van der Waals surface area (Å²) in [6, 6.07) is 9.18. The Kier molecular flexibility index (Phi) is 4.89. The van der Waals surface area contributed by atoms with Gasteiger partial charge in [-0.1, -0.05) is 12.1 Å². The third kappa shape index (κ3) is 3.73. The van der Waals surface area contributed by atoms with E-state index in [0.717, 1.165) is 13.2 Å². The number of nitrogens with one attached hydrogen (secondary N) is 1. The number of hydrogen-bond donors (Lipinski definition) is 1. The topological polar surface area (TPSA) is 21.3 Å². The summed E-state index contributed by atoms with van der Waals surface area (Å²) in [6.45, 7) is 4.11. The van der Waals surface area contributed by atoms with E-state index in [1.807, 2.05) is 0 Å². The van der Waals surface area contributed by atoms with Crippen LogP contribution in [0.1, 0.15) is 31.4 Å². The lowest BCUT2D eigenvalue weighted by Crippen LogP contribution is -2.28. The van der Waals surface area contributed by atoms with E-state index < -0.39 is 0 Å². The first-order valence-corrected chi connectivity index (χ1v) is 7.51. The van der Waals surface area contributed by atoms with Crippen LogP contribution in [0.3, 0.4) is 0 Å². The fourth-order valence-electron chi connectivity index (χ4n) is 2.12. The Balaban J connectivity index is 1.83. The van der Waals surface area contributed by atoms with Gasteiger partial charge in [-0.15, -0.1) is 11.8 Å². The molecule has 0 saturated carbocycles. The highest BCUT2D eigenvalue weighted by Gasteiger charge is 2.16. The molecule has 1 aliphatic heterocycles. The molecule has 0 amide bonds. The smallest absolute Gasteiger partial charge is 0.0700 e. The lowest BCUT2D eigenvalue weighted by Gasteiger charge is -2.17. The number of ether oxygens (including phenoxy) is 1. The van der Waals surface area contributed by atoms with Gasteiger partial charge in [0.1, 0.15) is 0 Å². The Labute approximate surface area is 108 Å². The minimum absolute atomic E-state index is 0.398. The molecule has 94 valence electrons. The van der Waals surface area contributed by atoms with E-state index in [-0.39, 0.29) is 0 Å². The lowest BCUT2D eigenvalue weighted by atomic mass is 10.1. The molecule has 3 heteroatoms. The zero-order chi connectivity index (χ0) is 12.1. The predicted octanol–water partition coefficient (Wildman–Crippen LogP) is 3.24. The van der Waals surface area contributed by atoms with Crippen molar-refractivity contribution >= 4 is 11.8 Å². The van der Waals surface area contributed by atoms with Crippen LogP contribution >= 0.6 is 11.8 Å². The van der Waals surface area contributed by atoms with Gasteiger partial charge in [-0.05, 0) is 43.7 Å². The van der Waals surface area contributed by atoms with Crippen molar-refractivity contribution in [2.24, 2.45) is 0 Å². The monoisotopic (exact) mass is 251 g/mol. The summed E-state index contributed by atoms with van der Waals surface area (Å²) < 4.78 is 5.61. The average molecular weight is 251 g/mol. The molecule has 2 unspecified atom stereocenters. The van der Waals surface area contributed by atoms with Gasteiger partial charge in [0.2, 0.25) is 0 Å². The predicted molar refractivity (Wildman–Crippen MR) is 73.6 cm³/mol. The van der Waals surface area contributed by atoms with Crippen LogP contribution in [-0.2, 0) is 4.74 Å². The Bertz CT molecular complexity index is 333. The third-order valence-corrected chi connectivity index (χ3v) is 4.04. The third-order valence-electron chi connectivity index (χ3n) is 3.29. The van der Waals surface area contributed by atoms with E-state index in [1.165, 1.54) is 23.3 Å². The van der Waals surface area contributed by atoms with E-state index in [1.54, 1.807) is 11.8 Å². The minimum atomic E-state index is 0.398. The molecule has 1 aromatic carbocycles. The van der Waals surface area contributed by atoms with Gasteiger partial charge < -0.3 is 10.1 Å². The summed E-state index contributed by atoms with van der Waals surface area (Å²) in [4.78, 5) is 1.32. The van der Waals surface area contributed by atoms with Gasteiger partial charge in [0, 0.05) is 24.1 Å². The van der Waals surface area contributed by atoms with Crippen LogP contribution in [0.2, 0.25) is 0 Å². The van der Waals surface area contributed by atoms with E-state index in [2.05, 4.69) is 42.8 Å². The van der Waals surface area contributed by atoms with Crippen LogP contribution in [0.15, 0.2) is 29.2 Å². The maximum absolute atomic E-state index is 5.61. The van der Waals surface area contributed by atoms with Gasteiger partial charge in [0.15, 0.2) is 0 Å². The summed E-state index contributed by atoms with van der Waals surface area (Å²) in [5.41, 5.74) is 1.35. The first kappa shape index (κ1) is 12.9. The van der Waals surface area contributed by atoms with Crippen molar-refractivity contribution in [3.8, 4) is 0 Å². The SMILES string of the molecule is CSc1ccc(C(C)NCC2CCCO2)cc1. The summed E-state index contributed by atoms with van der Waals surface area (Å²) in [5, 5.41) is 3.55. The standard InChI is InChI=1S/C14H21NOS/c1-11(15-10-13-4-3-9-16-13)12-5-7-14(17-2)8-6-12/h5-8,11,13,15H,3-4,9-10H2,1-2H3. The zero-order valence-electron chi connectivity index (χ0n) is 10.6. The van der Waals surface area contributed by atoms with Gasteiger partial charge >= 0.3 is 0 Å². The molecule has 1 heterocycles. The highest BCUT2D eigenvalue weighted by Crippen LogP contribution is 2.19. The highest BCUT2D eigenvalue weighted by atomic mass is 32.2. The Morgan fingerprint density at radius 1 is 1.41 bits per heavy atom. The second-order valence-electron chi connectivity index (χ2n) is 4.54. The molecular formula is C14H21NOS. The lowest BCUT2D eigenvalue weighted by molar-refractivity contribution is 0.108. The van der Waals surface area contributed by atoms with Crippen molar-refractivity contribution in [3.05, 3.63) is 29.8 Å². The van der Waals surface area contributed by atoms with Crippen molar-refractivity contribution in [2.75, 3.05) is 19.4 Å². The van der Waals surface area contributed by atoms with E-state index in [0.29, 0.717) is 12.1 Å². The number of thioether (sulfide) groups is 1. The summed E-state index contributed by atoms with van der Waals surface area (Å²) in [6.07, 6.45) is 4.94. The maximum Gasteiger partial charge on any atom is 0.0700 e. The Hall–Kier alpha value is -0.510. The van der Waals surface area contributed by atoms with Gasteiger partial charge in [-0.25, -0.2) is 0 Å². The Morgan fingerprint density at radius 2 is 2.18 bits per heavy atom. The van der Waals surface area contributed by atoms with Crippen LogP contribution in [0.25, 0.3) is 0 Å². The average Bonchev–Trinajstić information content (AvgIpc) is 2.89. The number of rotatable bonds is 5. The molecule has 1 N–H and O–H groups in total. The molecule has 2 nitrogen and oxygen atoms in total. The van der Waals surface area contributed by atoms with Crippen molar-refractivity contribution in [2.45, 2.75) is 36.8 Å². The first-order valence-electron chi connectivity index (χ1n) is 6.28. The molecule has 17 heavy (non-hydrogen) atoms. The summed E-state index contributed by atoms with van der Waals surface area (Å²) >= 11 is 1.78. The second kappa shape index (κ2) is 6.43. The second-order valence-corrected chi connectivity index (χ2v) is 5.42. The van der Waals surface area contributed by atoms with Gasteiger partial charge in [0.25, 0.3) is 0 Å². The minimum Gasteiger partial charge on any atom is -0.377 e. The largest absolute Gasteiger partial charge is 0.377 e. The van der Waals surface area contributed by atoms with E-state index >= 15 is 0 Å². The van der Waals surface area contributed by atoms with Crippen LogP contribution in [0.5, 0.6) is 0 Å². The Morgan fingerprint density at radius 3 is 2.76 bits per heavy atom. The molecule has 2 rings (SSSR count). The maximum atomic E-state index is 5.61. The molecule has 0 radical (unpaired) electrons. The summed E-state index contributed by atoms with van der Waals surface area (Å²) in [7, 11) is 0. The van der Waals surface area contributed by atoms with E-state index in [4.69, 9.17) is 4.74 Å². The molecule has 0 aromatic heterocycles. The molecule has 1 fully saturated rings. The fourth-order valence-corrected chi connectivity index (χ4v) is 2.53. The fraction of sp³-hybridized carbons (Fsp3) is 0.571. The first-order chi connectivity index (χ1) is 8.29. The van der Waals surface area contributed by atoms with Crippen LogP contribution in [-0.4, -0.2) is 25.5 Å². The molecule has 1 aromatic rings. The molecule has 1 saturated heterocycles. The molecule has 0 bridgehead atoms. The van der Waals surface area contributed by atoms with Gasteiger partial charge in [0.05, 0.1) is 6.10 Å². The van der Waals surface area contributed by atoms with E-state index in [9.17, 15) is 0 Å². The molecule has 1 aliphatic rings.